The van der Waals surface area contributed by atoms with E-state index in [2.05, 4.69) is 62.0 Å². The molecule has 2 heteroatoms. The van der Waals surface area contributed by atoms with Gasteiger partial charge in [-0.25, -0.2) is 4.98 Å². The molecule has 0 radical (unpaired) electrons. The Balaban J connectivity index is 0.000000599. The summed E-state index contributed by atoms with van der Waals surface area (Å²) in [6.45, 7) is 20.1. The van der Waals surface area contributed by atoms with Crippen molar-refractivity contribution in [2.45, 2.75) is 34.6 Å². The Labute approximate surface area is 169 Å². The molecule has 0 saturated carbocycles. The van der Waals surface area contributed by atoms with Crippen LogP contribution in [0.4, 0.5) is 0 Å². The summed E-state index contributed by atoms with van der Waals surface area (Å²) in [6, 6.07) is 16.7. The Kier molecular flexibility index (Phi) is 9.45. The lowest BCUT2D eigenvalue weighted by atomic mass is 10.0. The summed E-state index contributed by atoms with van der Waals surface area (Å²) in [7, 11) is 0. The standard InChI is InChI=1S/C20H16N2.2C2H6.C2H4/c1-3-14-11-20(22-19-7-5-4-6-15(14)19)17-12-21-18-9-8-13(2)10-16(17)18;3*1-2/h3-12,21H,1H2,2H3;2*1-2H3;1-2H2. The Morgan fingerprint density at radius 3 is 2.25 bits per heavy atom. The predicted octanol–water partition coefficient (Wildman–Crippen LogP) is 8.19. The minimum absolute atomic E-state index is 0.977. The Bertz CT molecular complexity index is 1030. The van der Waals surface area contributed by atoms with Crippen LogP contribution in [0.5, 0.6) is 0 Å². The van der Waals surface area contributed by atoms with E-state index in [0.717, 1.165) is 33.2 Å². The third-order valence-corrected chi connectivity index (χ3v) is 4.08. The minimum atomic E-state index is 0.977. The molecule has 146 valence electrons. The molecule has 1 N–H and O–H groups in total. The van der Waals surface area contributed by atoms with Gasteiger partial charge in [0.15, 0.2) is 0 Å². The van der Waals surface area contributed by atoms with Crippen LogP contribution in [0.3, 0.4) is 0 Å². The van der Waals surface area contributed by atoms with E-state index in [9.17, 15) is 0 Å². The lowest BCUT2D eigenvalue weighted by molar-refractivity contribution is 1.39. The summed E-state index contributed by atoms with van der Waals surface area (Å²) >= 11 is 0. The molecule has 0 unspecified atom stereocenters. The molecule has 0 spiro atoms. The first-order valence-electron chi connectivity index (χ1n) is 9.86. The predicted molar refractivity (Wildman–Crippen MR) is 128 cm³/mol. The smallest absolute Gasteiger partial charge is 0.0737 e. The molecule has 4 aromatic rings. The van der Waals surface area contributed by atoms with Crippen molar-refractivity contribution in [1.82, 2.24) is 9.97 Å². The van der Waals surface area contributed by atoms with Crippen LogP contribution < -0.4 is 0 Å². The molecular formula is C26H32N2. The second-order valence-electron chi connectivity index (χ2n) is 5.57. The van der Waals surface area contributed by atoms with Crippen molar-refractivity contribution in [2.75, 3.05) is 0 Å². The number of para-hydroxylation sites is 1. The van der Waals surface area contributed by atoms with E-state index in [-0.39, 0.29) is 0 Å². The van der Waals surface area contributed by atoms with Crippen molar-refractivity contribution in [3.63, 3.8) is 0 Å². The number of aryl methyl sites for hydroxylation is 1. The average Bonchev–Trinajstić information content (AvgIpc) is 3.20. The van der Waals surface area contributed by atoms with Crippen molar-refractivity contribution in [1.29, 1.82) is 0 Å². The zero-order valence-corrected chi connectivity index (χ0v) is 17.8. The fourth-order valence-corrected chi connectivity index (χ4v) is 2.96. The number of H-pyrrole nitrogens is 1. The molecule has 0 bridgehead atoms. The van der Waals surface area contributed by atoms with Crippen molar-refractivity contribution in [3.05, 3.63) is 85.6 Å². The van der Waals surface area contributed by atoms with Crippen LogP contribution in [0.2, 0.25) is 0 Å². The van der Waals surface area contributed by atoms with Crippen molar-refractivity contribution < 1.29 is 0 Å². The van der Waals surface area contributed by atoms with Crippen LogP contribution in [0.25, 0.3) is 39.1 Å². The highest BCUT2D eigenvalue weighted by atomic mass is 14.7. The summed E-state index contributed by atoms with van der Waals surface area (Å²) in [4.78, 5) is 8.17. The molecule has 2 nitrogen and oxygen atoms in total. The first-order valence-corrected chi connectivity index (χ1v) is 9.86. The Morgan fingerprint density at radius 2 is 1.57 bits per heavy atom. The summed E-state index contributed by atoms with van der Waals surface area (Å²) in [5, 5.41) is 2.34. The van der Waals surface area contributed by atoms with Gasteiger partial charge in [0.05, 0.1) is 11.2 Å². The number of aromatic amines is 1. The van der Waals surface area contributed by atoms with Crippen LogP contribution in [-0.2, 0) is 0 Å². The highest BCUT2D eigenvalue weighted by Crippen LogP contribution is 2.31. The van der Waals surface area contributed by atoms with Gasteiger partial charge < -0.3 is 4.98 Å². The topological polar surface area (TPSA) is 28.7 Å². The lowest BCUT2D eigenvalue weighted by Gasteiger charge is -2.06. The van der Waals surface area contributed by atoms with E-state index in [0.29, 0.717) is 0 Å². The molecular weight excluding hydrogens is 340 g/mol. The molecule has 4 rings (SSSR count). The molecule has 0 fully saturated rings. The van der Waals surface area contributed by atoms with Crippen molar-refractivity contribution in [3.8, 4) is 11.3 Å². The number of hydrogen-bond donors (Lipinski definition) is 1. The van der Waals surface area contributed by atoms with Crippen LogP contribution >= 0.6 is 0 Å². The largest absolute Gasteiger partial charge is 0.360 e. The van der Waals surface area contributed by atoms with Gasteiger partial charge in [-0.2, -0.15) is 0 Å². The summed E-state index contributed by atoms with van der Waals surface area (Å²) in [5.74, 6) is 0. The minimum Gasteiger partial charge on any atom is -0.360 e. The van der Waals surface area contributed by atoms with E-state index in [1.54, 1.807) is 0 Å². The number of pyridine rings is 1. The van der Waals surface area contributed by atoms with Gasteiger partial charge in [-0.15, -0.1) is 13.2 Å². The second kappa shape index (κ2) is 11.6. The number of nitrogens with one attached hydrogen (secondary N) is 1. The molecule has 0 amide bonds. The highest BCUT2D eigenvalue weighted by molar-refractivity contribution is 5.98. The third-order valence-electron chi connectivity index (χ3n) is 4.08. The molecule has 0 aliphatic rings. The quantitative estimate of drug-likeness (QED) is 0.353. The monoisotopic (exact) mass is 372 g/mol. The molecule has 2 aromatic carbocycles. The van der Waals surface area contributed by atoms with Gasteiger partial charge >= 0.3 is 0 Å². The molecule has 0 aliphatic carbocycles. The Hall–Kier alpha value is -3.13. The zero-order chi connectivity index (χ0) is 21.1. The summed E-state index contributed by atoms with van der Waals surface area (Å²) in [6.07, 6.45) is 3.93. The number of fused-ring (bicyclic) bond motifs is 2. The average molecular weight is 373 g/mol. The van der Waals surface area contributed by atoms with Gasteiger partial charge in [-0.3, -0.25) is 0 Å². The van der Waals surface area contributed by atoms with E-state index >= 15 is 0 Å². The number of hydrogen-bond acceptors (Lipinski definition) is 1. The molecule has 0 aliphatic heterocycles. The van der Waals surface area contributed by atoms with Crippen LogP contribution in [-0.4, -0.2) is 9.97 Å². The molecule has 2 aromatic heterocycles. The second-order valence-corrected chi connectivity index (χ2v) is 5.57. The number of nitrogens with zero attached hydrogens (tertiary/aromatic N) is 1. The van der Waals surface area contributed by atoms with Crippen LogP contribution in [0.1, 0.15) is 38.8 Å². The highest BCUT2D eigenvalue weighted by Gasteiger charge is 2.10. The third kappa shape index (κ3) is 4.77. The maximum Gasteiger partial charge on any atom is 0.0737 e. The van der Waals surface area contributed by atoms with E-state index in [4.69, 9.17) is 4.98 Å². The fraction of sp³-hybridized carbons (Fsp3) is 0.192. The van der Waals surface area contributed by atoms with Gasteiger partial charge in [-0.05, 0) is 36.8 Å². The fourth-order valence-electron chi connectivity index (χ4n) is 2.96. The van der Waals surface area contributed by atoms with Crippen molar-refractivity contribution >= 4 is 27.9 Å². The van der Waals surface area contributed by atoms with Gasteiger partial charge in [0.25, 0.3) is 0 Å². The van der Waals surface area contributed by atoms with Gasteiger partial charge in [0, 0.05) is 28.0 Å². The van der Waals surface area contributed by atoms with Crippen LogP contribution in [0, 0.1) is 6.92 Å². The zero-order valence-electron chi connectivity index (χ0n) is 17.8. The SMILES string of the molecule is C=C.C=Cc1cc(-c2c[nH]c3ccc(C)cc23)nc2ccccc12.CC.CC. The first-order chi connectivity index (χ1) is 13.8. The van der Waals surface area contributed by atoms with Gasteiger partial charge in [0.1, 0.15) is 0 Å². The van der Waals surface area contributed by atoms with E-state index in [1.165, 1.54) is 10.9 Å². The molecule has 0 saturated heterocycles. The normalized spacial score (nSPS) is 9.32. The molecule has 0 atom stereocenters. The number of aromatic nitrogens is 2. The maximum absolute atomic E-state index is 4.84. The summed E-state index contributed by atoms with van der Waals surface area (Å²) in [5.41, 5.74) is 6.60. The maximum atomic E-state index is 4.84. The van der Waals surface area contributed by atoms with Crippen LogP contribution in [0.15, 0.2) is 74.5 Å². The van der Waals surface area contributed by atoms with Gasteiger partial charge in [-0.1, -0.05) is 70.2 Å². The Morgan fingerprint density at radius 1 is 0.893 bits per heavy atom. The van der Waals surface area contributed by atoms with Crippen molar-refractivity contribution in [2.24, 2.45) is 0 Å². The number of benzene rings is 2. The number of rotatable bonds is 2. The van der Waals surface area contributed by atoms with E-state index in [1.807, 2.05) is 58.2 Å². The first kappa shape index (κ1) is 22.9. The molecule has 2 heterocycles. The molecule has 28 heavy (non-hydrogen) atoms. The lowest BCUT2D eigenvalue weighted by Crippen LogP contribution is -1.88. The van der Waals surface area contributed by atoms with Gasteiger partial charge in [0.2, 0.25) is 0 Å². The summed E-state index contributed by atoms with van der Waals surface area (Å²) < 4.78 is 0. The van der Waals surface area contributed by atoms with E-state index < -0.39 is 0 Å².